The lowest BCUT2D eigenvalue weighted by atomic mass is 10.1. The van der Waals surface area contributed by atoms with Gasteiger partial charge >= 0.3 is 0 Å². The van der Waals surface area contributed by atoms with Crippen LogP contribution in [0.25, 0.3) is 0 Å². The Hall–Kier alpha value is -1.35. The van der Waals surface area contributed by atoms with Gasteiger partial charge in [0.15, 0.2) is 5.96 Å². The van der Waals surface area contributed by atoms with Gasteiger partial charge in [-0.25, -0.2) is 4.99 Å². The Bertz CT molecular complexity index is 680. The van der Waals surface area contributed by atoms with Crippen molar-refractivity contribution >= 4 is 35.8 Å². The van der Waals surface area contributed by atoms with Crippen LogP contribution in [-0.2, 0) is 17.9 Å². The van der Waals surface area contributed by atoms with Gasteiger partial charge < -0.3 is 15.5 Å². The lowest BCUT2D eigenvalue weighted by Gasteiger charge is -2.22. The van der Waals surface area contributed by atoms with Gasteiger partial charge in [0, 0.05) is 45.2 Å². The lowest BCUT2D eigenvalue weighted by Crippen LogP contribution is -2.39. The van der Waals surface area contributed by atoms with Crippen LogP contribution in [0.5, 0.6) is 0 Å². The van der Waals surface area contributed by atoms with Crippen LogP contribution in [0.3, 0.4) is 0 Å². The third-order valence-electron chi connectivity index (χ3n) is 5.74. The molecule has 0 aromatic heterocycles. The van der Waals surface area contributed by atoms with E-state index in [-0.39, 0.29) is 24.0 Å². The van der Waals surface area contributed by atoms with Crippen LogP contribution in [0.2, 0.25) is 0 Å². The standard InChI is InChI=1S/C24H41N5O.HI/c1-5-25-24(26-15-11-17-29-16-10-6-7-14-23(29)30)27-18-21-12-8-9-13-22(21)19-28(4)20(2)3;/h8-9,12-13,20H,5-7,10-11,14-19H2,1-4H3,(H2,25,26,27);1H. The predicted octanol–water partition coefficient (Wildman–Crippen LogP) is 3.99. The van der Waals surface area contributed by atoms with Gasteiger partial charge in [0.1, 0.15) is 0 Å². The van der Waals surface area contributed by atoms with E-state index in [1.807, 2.05) is 4.90 Å². The first kappa shape index (κ1) is 27.7. The third-order valence-corrected chi connectivity index (χ3v) is 5.74. The first-order valence-corrected chi connectivity index (χ1v) is 11.6. The first-order valence-electron chi connectivity index (χ1n) is 11.6. The highest BCUT2D eigenvalue weighted by molar-refractivity contribution is 14.0. The summed E-state index contributed by atoms with van der Waals surface area (Å²) < 4.78 is 0. The molecule has 1 aromatic carbocycles. The number of hydrogen-bond donors (Lipinski definition) is 2. The topological polar surface area (TPSA) is 60.0 Å². The van der Waals surface area contributed by atoms with Crippen LogP contribution in [0.15, 0.2) is 29.3 Å². The van der Waals surface area contributed by atoms with E-state index in [1.165, 1.54) is 17.5 Å². The molecule has 2 N–H and O–H groups in total. The minimum Gasteiger partial charge on any atom is -0.357 e. The fourth-order valence-electron chi connectivity index (χ4n) is 3.57. The quantitative estimate of drug-likeness (QED) is 0.203. The summed E-state index contributed by atoms with van der Waals surface area (Å²) in [7, 11) is 2.16. The molecule has 1 amide bonds. The zero-order valence-corrected chi connectivity index (χ0v) is 22.2. The molecule has 1 aromatic rings. The van der Waals surface area contributed by atoms with Crippen LogP contribution in [0.1, 0.15) is 64.0 Å². The van der Waals surface area contributed by atoms with Gasteiger partial charge in [0.05, 0.1) is 6.54 Å². The van der Waals surface area contributed by atoms with Crippen molar-refractivity contribution in [2.24, 2.45) is 4.99 Å². The number of carbonyl (C=O) groups is 1. The maximum absolute atomic E-state index is 12.1. The molecule has 31 heavy (non-hydrogen) atoms. The Kier molecular flexibility index (Phi) is 13.8. The molecule has 0 saturated carbocycles. The summed E-state index contributed by atoms with van der Waals surface area (Å²) in [5, 5.41) is 6.77. The summed E-state index contributed by atoms with van der Waals surface area (Å²) in [6, 6.07) is 9.06. The molecule has 0 unspecified atom stereocenters. The molecule has 0 spiro atoms. The average Bonchev–Trinajstić information content (AvgIpc) is 2.94. The Balaban J connectivity index is 0.00000480. The zero-order chi connectivity index (χ0) is 21.8. The van der Waals surface area contributed by atoms with Gasteiger partial charge in [-0.3, -0.25) is 9.69 Å². The van der Waals surface area contributed by atoms with Crippen LogP contribution in [0, 0.1) is 0 Å². The number of guanidine groups is 1. The number of nitrogens with one attached hydrogen (secondary N) is 2. The molecule has 6 nitrogen and oxygen atoms in total. The highest BCUT2D eigenvalue weighted by Gasteiger charge is 2.15. The summed E-state index contributed by atoms with van der Waals surface area (Å²) in [5.41, 5.74) is 2.59. The van der Waals surface area contributed by atoms with Crippen LogP contribution < -0.4 is 10.6 Å². The molecule has 1 fully saturated rings. The van der Waals surface area contributed by atoms with Crippen LogP contribution >= 0.6 is 24.0 Å². The first-order chi connectivity index (χ1) is 14.5. The Morgan fingerprint density at radius 3 is 2.61 bits per heavy atom. The van der Waals surface area contributed by atoms with Gasteiger partial charge in [0.25, 0.3) is 0 Å². The zero-order valence-electron chi connectivity index (χ0n) is 19.8. The summed E-state index contributed by atoms with van der Waals surface area (Å²) in [5.74, 6) is 1.16. The number of likely N-dealkylation sites (tertiary alicyclic amines) is 1. The smallest absolute Gasteiger partial charge is 0.222 e. The fourth-order valence-corrected chi connectivity index (χ4v) is 3.57. The van der Waals surface area contributed by atoms with E-state index in [1.54, 1.807) is 0 Å². The Morgan fingerprint density at radius 1 is 1.16 bits per heavy atom. The SMILES string of the molecule is CCNC(=NCc1ccccc1CN(C)C(C)C)NCCCN1CCCCCC1=O.I. The molecular weight excluding hydrogens is 501 g/mol. The second-order valence-corrected chi connectivity index (χ2v) is 8.44. The molecule has 7 heteroatoms. The molecule has 1 aliphatic heterocycles. The highest BCUT2D eigenvalue weighted by atomic mass is 127. The van der Waals surface area contributed by atoms with Gasteiger partial charge in [-0.2, -0.15) is 0 Å². The predicted molar refractivity (Wildman–Crippen MR) is 141 cm³/mol. The lowest BCUT2D eigenvalue weighted by molar-refractivity contribution is -0.130. The summed E-state index contributed by atoms with van der Waals surface area (Å²) >= 11 is 0. The molecule has 1 aliphatic rings. The van der Waals surface area contributed by atoms with Crippen molar-refractivity contribution in [3.05, 3.63) is 35.4 Å². The number of hydrogen-bond acceptors (Lipinski definition) is 3. The second-order valence-electron chi connectivity index (χ2n) is 8.44. The molecule has 0 atom stereocenters. The summed E-state index contributed by atoms with van der Waals surface area (Å²) in [6.45, 7) is 11.5. The molecule has 176 valence electrons. The van der Waals surface area contributed by atoms with E-state index in [4.69, 9.17) is 4.99 Å². The van der Waals surface area contributed by atoms with Gasteiger partial charge in [-0.1, -0.05) is 30.7 Å². The number of benzene rings is 1. The third kappa shape index (κ3) is 10.2. The number of carbonyl (C=O) groups excluding carboxylic acids is 1. The van der Waals surface area contributed by atoms with Crippen LogP contribution in [-0.4, -0.2) is 60.9 Å². The van der Waals surface area contributed by atoms with Crippen molar-refractivity contribution in [2.45, 2.75) is 72.0 Å². The Morgan fingerprint density at radius 2 is 1.90 bits per heavy atom. The summed E-state index contributed by atoms with van der Waals surface area (Å²) in [4.78, 5) is 21.3. The van der Waals surface area contributed by atoms with E-state index in [0.717, 1.165) is 57.9 Å². The molecule has 1 heterocycles. The Labute approximate surface area is 206 Å². The van der Waals surface area contributed by atoms with E-state index >= 15 is 0 Å². The molecule has 0 aliphatic carbocycles. The average molecular weight is 544 g/mol. The molecular formula is C24H42IN5O. The molecule has 0 radical (unpaired) electrons. The van der Waals surface area contributed by atoms with Crippen molar-refractivity contribution in [2.75, 3.05) is 33.2 Å². The normalized spacial score (nSPS) is 15.1. The number of nitrogens with zero attached hydrogens (tertiary/aromatic N) is 3. The van der Waals surface area contributed by atoms with Crippen molar-refractivity contribution in [1.82, 2.24) is 20.4 Å². The number of aliphatic imine (C=N–C) groups is 1. The largest absolute Gasteiger partial charge is 0.357 e. The number of halogens is 1. The van der Waals surface area contributed by atoms with Crippen LogP contribution in [0.4, 0.5) is 0 Å². The van der Waals surface area contributed by atoms with E-state index in [9.17, 15) is 4.79 Å². The maximum atomic E-state index is 12.1. The fraction of sp³-hybridized carbons (Fsp3) is 0.667. The monoisotopic (exact) mass is 543 g/mol. The molecule has 0 bridgehead atoms. The van der Waals surface area contributed by atoms with Crippen molar-refractivity contribution in [3.63, 3.8) is 0 Å². The second kappa shape index (κ2) is 15.5. The molecule has 1 saturated heterocycles. The van der Waals surface area contributed by atoms with Gasteiger partial charge in [0.2, 0.25) is 5.91 Å². The van der Waals surface area contributed by atoms with Gasteiger partial charge in [-0.05, 0) is 58.2 Å². The minimum absolute atomic E-state index is 0. The number of rotatable bonds is 10. The highest BCUT2D eigenvalue weighted by Crippen LogP contribution is 2.14. The van der Waals surface area contributed by atoms with E-state index in [2.05, 4.69) is 67.6 Å². The summed E-state index contributed by atoms with van der Waals surface area (Å²) in [6.07, 6.45) is 4.99. The maximum Gasteiger partial charge on any atom is 0.222 e. The minimum atomic E-state index is 0. The van der Waals surface area contributed by atoms with Crippen molar-refractivity contribution in [1.29, 1.82) is 0 Å². The van der Waals surface area contributed by atoms with Crippen molar-refractivity contribution in [3.8, 4) is 0 Å². The number of amides is 1. The molecule has 2 rings (SSSR count). The van der Waals surface area contributed by atoms with E-state index < -0.39 is 0 Å². The van der Waals surface area contributed by atoms with Gasteiger partial charge in [-0.15, -0.1) is 24.0 Å². The van der Waals surface area contributed by atoms with E-state index in [0.29, 0.717) is 24.9 Å². The van der Waals surface area contributed by atoms with Crippen molar-refractivity contribution < 1.29 is 4.79 Å².